The van der Waals surface area contributed by atoms with Crippen molar-refractivity contribution in [2.75, 3.05) is 0 Å². The topological polar surface area (TPSA) is 78.1 Å². The fourth-order valence-electron chi connectivity index (χ4n) is 2.09. The van der Waals surface area contributed by atoms with E-state index < -0.39 is 10.1 Å². The molecule has 0 atom stereocenters. The van der Waals surface area contributed by atoms with Crippen LogP contribution in [0.15, 0.2) is 71.8 Å². The highest BCUT2D eigenvalue weighted by atomic mass is 32.2. The Morgan fingerprint density at radius 2 is 1.61 bits per heavy atom. The summed E-state index contributed by atoms with van der Waals surface area (Å²) in [6, 6.07) is 17.1. The van der Waals surface area contributed by atoms with Gasteiger partial charge in [-0.05, 0) is 24.3 Å². The Bertz CT molecular complexity index is 922. The SMILES string of the molecule is C[n+]1cc(C=O)cc2ccccc21.O=S(=O)([O-])c1ccccc1. The maximum absolute atomic E-state index is 10.6. The first kappa shape index (κ1) is 16.8. The van der Waals surface area contributed by atoms with Crippen LogP contribution in [0.1, 0.15) is 10.4 Å². The third kappa shape index (κ3) is 4.45. The summed E-state index contributed by atoms with van der Waals surface area (Å²) in [7, 11) is -2.31. The second-order valence-electron chi connectivity index (χ2n) is 4.83. The van der Waals surface area contributed by atoms with E-state index in [2.05, 4.69) is 0 Å². The van der Waals surface area contributed by atoms with Crippen molar-refractivity contribution in [1.29, 1.82) is 0 Å². The molecule has 6 heteroatoms. The molecule has 3 rings (SSSR count). The molecular formula is C17H15NO4S. The summed E-state index contributed by atoms with van der Waals surface area (Å²) in [5, 5.41) is 1.09. The summed E-state index contributed by atoms with van der Waals surface area (Å²) in [6.45, 7) is 0. The molecule has 0 fully saturated rings. The van der Waals surface area contributed by atoms with Crippen molar-refractivity contribution in [2.24, 2.45) is 7.05 Å². The number of benzene rings is 2. The second-order valence-corrected chi connectivity index (χ2v) is 6.21. The summed E-state index contributed by atoms with van der Waals surface area (Å²) < 4.78 is 32.8. The maximum atomic E-state index is 10.6. The molecular weight excluding hydrogens is 314 g/mol. The molecule has 0 amide bonds. The molecule has 1 aromatic heterocycles. The molecule has 0 saturated carbocycles. The van der Waals surface area contributed by atoms with Gasteiger partial charge in [-0.1, -0.05) is 30.3 Å². The number of pyridine rings is 1. The van der Waals surface area contributed by atoms with Crippen LogP contribution in [-0.4, -0.2) is 19.3 Å². The van der Waals surface area contributed by atoms with Crippen LogP contribution >= 0.6 is 0 Å². The van der Waals surface area contributed by atoms with E-state index in [-0.39, 0.29) is 4.90 Å². The van der Waals surface area contributed by atoms with Gasteiger partial charge in [0.1, 0.15) is 17.2 Å². The molecule has 0 N–H and O–H groups in total. The van der Waals surface area contributed by atoms with Gasteiger partial charge in [-0.2, -0.15) is 0 Å². The Hall–Kier alpha value is -2.57. The van der Waals surface area contributed by atoms with E-state index in [1.807, 2.05) is 48.1 Å². The maximum Gasteiger partial charge on any atom is 0.212 e. The van der Waals surface area contributed by atoms with Gasteiger partial charge in [-0.15, -0.1) is 0 Å². The highest BCUT2D eigenvalue weighted by Crippen LogP contribution is 2.09. The molecule has 3 aromatic rings. The van der Waals surface area contributed by atoms with Gasteiger partial charge < -0.3 is 4.55 Å². The van der Waals surface area contributed by atoms with Gasteiger partial charge in [0.25, 0.3) is 0 Å². The first-order valence-corrected chi connectivity index (χ1v) is 8.17. The molecule has 0 radical (unpaired) electrons. The van der Waals surface area contributed by atoms with E-state index in [0.717, 1.165) is 17.2 Å². The number of carbonyl (C=O) groups excluding carboxylic acids is 1. The van der Waals surface area contributed by atoms with Crippen LogP contribution in [-0.2, 0) is 17.2 Å². The number of para-hydroxylation sites is 1. The molecule has 2 aromatic carbocycles. The number of nitrogens with zero attached hydrogens (tertiary/aromatic N) is 1. The third-order valence-electron chi connectivity index (χ3n) is 3.15. The number of rotatable bonds is 2. The number of aryl methyl sites for hydroxylation is 1. The molecule has 0 spiro atoms. The number of hydrogen-bond donors (Lipinski definition) is 0. The molecule has 0 aliphatic heterocycles. The fourth-order valence-corrected chi connectivity index (χ4v) is 2.58. The quantitative estimate of drug-likeness (QED) is 0.410. The fraction of sp³-hybridized carbons (Fsp3) is 0.0588. The average molecular weight is 329 g/mol. The van der Waals surface area contributed by atoms with Gasteiger partial charge in [0.05, 0.1) is 10.5 Å². The summed E-state index contributed by atoms with van der Waals surface area (Å²) in [6.07, 6.45) is 2.70. The van der Waals surface area contributed by atoms with Crippen LogP contribution in [0.4, 0.5) is 0 Å². The summed E-state index contributed by atoms with van der Waals surface area (Å²) in [5.41, 5.74) is 1.84. The highest BCUT2D eigenvalue weighted by molar-refractivity contribution is 7.85. The van der Waals surface area contributed by atoms with Crippen molar-refractivity contribution in [2.45, 2.75) is 4.90 Å². The van der Waals surface area contributed by atoms with Gasteiger partial charge in [0, 0.05) is 11.5 Å². The Balaban J connectivity index is 0.000000174. The average Bonchev–Trinajstić information content (AvgIpc) is 2.55. The first-order valence-electron chi connectivity index (χ1n) is 6.76. The largest absolute Gasteiger partial charge is 0.744 e. The Morgan fingerprint density at radius 3 is 2.17 bits per heavy atom. The number of hydrogen-bond acceptors (Lipinski definition) is 4. The minimum absolute atomic E-state index is 0.185. The lowest BCUT2D eigenvalue weighted by atomic mass is 10.2. The van der Waals surface area contributed by atoms with Crippen LogP contribution in [0.3, 0.4) is 0 Å². The Kier molecular flexibility index (Phi) is 5.20. The number of fused-ring (bicyclic) bond motifs is 1. The summed E-state index contributed by atoms with van der Waals surface area (Å²) >= 11 is 0. The van der Waals surface area contributed by atoms with Crippen LogP contribution in [0.5, 0.6) is 0 Å². The Morgan fingerprint density at radius 1 is 1.00 bits per heavy atom. The zero-order valence-electron chi connectivity index (χ0n) is 12.4. The van der Waals surface area contributed by atoms with E-state index in [0.29, 0.717) is 5.56 Å². The molecule has 23 heavy (non-hydrogen) atoms. The van der Waals surface area contributed by atoms with Gasteiger partial charge in [-0.25, -0.2) is 13.0 Å². The van der Waals surface area contributed by atoms with Crippen molar-refractivity contribution in [3.63, 3.8) is 0 Å². The normalized spacial score (nSPS) is 10.7. The number of aromatic nitrogens is 1. The van der Waals surface area contributed by atoms with E-state index in [4.69, 9.17) is 0 Å². The number of aldehydes is 1. The first-order chi connectivity index (χ1) is 10.9. The van der Waals surface area contributed by atoms with Gasteiger partial charge in [0.15, 0.2) is 12.5 Å². The molecule has 1 heterocycles. The van der Waals surface area contributed by atoms with Crippen molar-refractivity contribution in [3.8, 4) is 0 Å². The minimum Gasteiger partial charge on any atom is -0.744 e. The number of carbonyl (C=O) groups is 1. The standard InChI is InChI=1S/C11H10NO.C6H6O3S/c1-12-7-9(8-13)6-10-4-2-3-5-11(10)12;7-10(8,9)6-4-2-1-3-5-6/h2-8H,1H3;1-5H,(H,7,8,9)/q+1;/p-1. The zero-order valence-corrected chi connectivity index (χ0v) is 13.2. The molecule has 118 valence electrons. The zero-order chi connectivity index (χ0) is 16.9. The molecule has 0 saturated heterocycles. The van der Waals surface area contributed by atoms with E-state index >= 15 is 0 Å². The summed E-state index contributed by atoms with van der Waals surface area (Å²) in [5.74, 6) is 0. The predicted octanol–water partition coefficient (Wildman–Crippen LogP) is 2.07. The van der Waals surface area contributed by atoms with Crippen LogP contribution in [0.2, 0.25) is 0 Å². The second kappa shape index (κ2) is 7.13. The summed E-state index contributed by atoms with van der Waals surface area (Å²) in [4.78, 5) is 10.4. The highest BCUT2D eigenvalue weighted by Gasteiger charge is 2.05. The van der Waals surface area contributed by atoms with Crippen molar-refractivity contribution in [3.05, 3.63) is 72.4 Å². The lowest BCUT2D eigenvalue weighted by Crippen LogP contribution is -2.29. The van der Waals surface area contributed by atoms with Gasteiger partial charge in [-0.3, -0.25) is 4.79 Å². The van der Waals surface area contributed by atoms with Crippen molar-refractivity contribution >= 4 is 27.3 Å². The molecule has 0 aliphatic carbocycles. The van der Waals surface area contributed by atoms with Gasteiger partial charge >= 0.3 is 0 Å². The molecule has 0 unspecified atom stereocenters. The van der Waals surface area contributed by atoms with E-state index in [1.54, 1.807) is 6.07 Å². The Labute approximate surface area is 134 Å². The van der Waals surface area contributed by atoms with Crippen molar-refractivity contribution < 1.29 is 22.3 Å². The lowest BCUT2D eigenvalue weighted by molar-refractivity contribution is -0.645. The molecule has 5 nitrogen and oxygen atoms in total. The monoisotopic (exact) mass is 329 g/mol. The molecule has 0 aliphatic rings. The molecule has 0 bridgehead atoms. The van der Waals surface area contributed by atoms with Crippen LogP contribution in [0, 0.1) is 0 Å². The van der Waals surface area contributed by atoms with Crippen LogP contribution < -0.4 is 4.57 Å². The lowest BCUT2D eigenvalue weighted by Gasteiger charge is -2.04. The smallest absolute Gasteiger partial charge is 0.212 e. The predicted molar refractivity (Wildman–Crippen MR) is 84.9 cm³/mol. The van der Waals surface area contributed by atoms with E-state index in [9.17, 15) is 17.8 Å². The van der Waals surface area contributed by atoms with Gasteiger partial charge in [0.2, 0.25) is 5.52 Å². The van der Waals surface area contributed by atoms with E-state index in [1.165, 1.54) is 24.3 Å². The third-order valence-corrected chi connectivity index (χ3v) is 4.00. The van der Waals surface area contributed by atoms with Crippen LogP contribution in [0.25, 0.3) is 10.9 Å². The van der Waals surface area contributed by atoms with Crippen molar-refractivity contribution in [1.82, 2.24) is 0 Å². The minimum atomic E-state index is -4.25.